The minimum absolute atomic E-state index is 0.0961. The van der Waals surface area contributed by atoms with Crippen LogP contribution in [0.3, 0.4) is 0 Å². The van der Waals surface area contributed by atoms with Gasteiger partial charge in [-0.25, -0.2) is 0 Å². The van der Waals surface area contributed by atoms with Crippen molar-refractivity contribution in [3.05, 3.63) is 59.7 Å². The first kappa shape index (κ1) is 17.7. The van der Waals surface area contributed by atoms with Gasteiger partial charge < -0.3 is 16.2 Å². The van der Waals surface area contributed by atoms with Crippen LogP contribution >= 0.6 is 0 Å². The number of carbonyl (C=O) groups excluding carboxylic acids is 1. The van der Waals surface area contributed by atoms with Crippen molar-refractivity contribution in [1.29, 1.82) is 0 Å². The molecule has 5 N–H and O–H groups in total. The predicted octanol–water partition coefficient (Wildman–Crippen LogP) is 2.94. The van der Waals surface area contributed by atoms with Crippen LogP contribution in [0.5, 0.6) is 5.75 Å². The highest BCUT2D eigenvalue weighted by Gasteiger charge is 2.17. The molecule has 0 saturated heterocycles. The standard InChI is InChI=1S/C18H16N2O5S/c1-10-7-11(5-6-15(10)19)18(22)20-12-8-14-13(16(21)9-12)3-2-4-17(14)26(23,24)25/h2-9,21H,19H2,1H3,(H,20,22)(H,23,24,25). The molecule has 0 aliphatic carbocycles. The molecule has 1 amide bonds. The molecule has 0 atom stereocenters. The van der Waals surface area contributed by atoms with Gasteiger partial charge in [0.2, 0.25) is 0 Å². The van der Waals surface area contributed by atoms with Gasteiger partial charge in [-0.2, -0.15) is 8.42 Å². The zero-order chi connectivity index (χ0) is 19.1. The van der Waals surface area contributed by atoms with Crippen LogP contribution in [0.1, 0.15) is 15.9 Å². The van der Waals surface area contributed by atoms with Crippen LogP contribution in [0.15, 0.2) is 53.4 Å². The molecule has 0 saturated carbocycles. The summed E-state index contributed by atoms with van der Waals surface area (Å²) in [5.41, 5.74) is 7.58. The molecule has 0 spiro atoms. The van der Waals surface area contributed by atoms with E-state index in [1.165, 1.54) is 30.3 Å². The van der Waals surface area contributed by atoms with Gasteiger partial charge in [0.05, 0.1) is 0 Å². The SMILES string of the molecule is Cc1cc(C(=O)Nc2cc(O)c3cccc(S(=O)(=O)O)c3c2)ccc1N. The van der Waals surface area contributed by atoms with Gasteiger partial charge in [0.15, 0.2) is 0 Å². The summed E-state index contributed by atoms with van der Waals surface area (Å²) in [5, 5.41) is 13.1. The first-order valence-corrected chi connectivity index (χ1v) is 9.01. The molecule has 3 rings (SSSR count). The van der Waals surface area contributed by atoms with Gasteiger partial charge in [-0.1, -0.05) is 12.1 Å². The number of nitrogen functional groups attached to an aromatic ring is 1. The van der Waals surface area contributed by atoms with E-state index in [2.05, 4.69) is 5.32 Å². The summed E-state index contributed by atoms with van der Waals surface area (Å²) >= 11 is 0. The number of anilines is 2. The van der Waals surface area contributed by atoms with Gasteiger partial charge in [-0.15, -0.1) is 0 Å². The second-order valence-corrected chi connectivity index (χ2v) is 7.24. The Morgan fingerprint density at radius 3 is 2.46 bits per heavy atom. The Bertz CT molecular complexity index is 1140. The number of nitrogens with two attached hydrogens (primary N) is 1. The van der Waals surface area contributed by atoms with Crippen molar-refractivity contribution >= 4 is 38.2 Å². The highest BCUT2D eigenvalue weighted by atomic mass is 32.2. The summed E-state index contributed by atoms with van der Waals surface area (Å²) in [6, 6.07) is 11.6. The average Bonchev–Trinajstić information content (AvgIpc) is 2.56. The van der Waals surface area contributed by atoms with E-state index < -0.39 is 16.0 Å². The van der Waals surface area contributed by atoms with Crippen molar-refractivity contribution in [3.8, 4) is 5.75 Å². The number of hydrogen-bond acceptors (Lipinski definition) is 5. The Kier molecular flexibility index (Phi) is 4.31. The van der Waals surface area contributed by atoms with E-state index in [0.29, 0.717) is 11.3 Å². The quantitative estimate of drug-likeness (QED) is 0.413. The lowest BCUT2D eigenvalue weighted by molar-refractivity contribution is 0.102. The van der Waals surface area contributed by atoms with Crippen molar-refractivity contribution in [2.45, 2.75) is 11.8 Å². The lowest BCUT2D eigenvalue weighted by atomic mass is 10.1. The lowest BCUT2D eigenvalue weighted by Gasteiger charge is -2.11. The number of hydrogen-bond donors (Lipinski definition) is 4. The van der Waals surface area contributed by atoms with E-state index in [1.807, 2.05) is 0 Å². The molecule has 3 aromatic carbocycles. The van der Waals surface area contributed by atoms with Gasteiger partial charge in [-0.05, 0) is 42.8 Å². The van der Waals surface area contributed by atoms with Crippen LogP contribution < -0.4 is 11.1 Å². The molecule has 0 unspecified atom stereocenters. The summed E-state index contributed by atoms with van der Waals surface area (Å²) in [6.45, 7) is 1.77. The number of phenols is 1. The van der Waals surface area contributed by atoms with E-state index in [9.17, 15) is 22.9 Å². The Balaban J connectivity index is 2.05. The Labute approximate surface area is 149 Å². The molecule has 0 aromatic heterocycles. The minimum atomic E-state index is -4.49. The summed E-state index contributed by atoms with van der Waals surface area (Å²) in [7, 11) is -4.49. The maximum absolute atomic E-state index is 12.4. The number of amides is 1. The van der Waals surface area contributed by atoms with Gasteiger partial charge >= 0.3 is 0 Å². The van der Waals surface area contributed by atoms with Gasteiger partial charge in [0.25, 0.3) is 16.0 Å². The van der Waals surface area contributed by atoms with Crippen LogP contribution in [-0.2, 0) is 10.1 Å². The second kappa shape index (κ2) is 6.32. The van der Waals surface area contributed by atoms with Crippen LogP contribution in [-0.4, -0.2) is 24.0 Å². The van der Waals surface area contributed by atoms with E-state index in [1.54, 1.807) is 25.1 Å². The molecule has 7 nitrogen and oxygen atoms in total. The van der Waals surface area contributed by atoms with Crippen LogP contribution in [0.25, 0.3) is 10.8 Å². The maximum Gasteiger partial charge on any atom is 0.295 e. The fraction of sp³-hybridized carbons (Fsp3) is 0.0556. The number of nitrogens with one attached hydrogen (secondary N) is 1. The van der Waals surface area contributed by atoms with Gasteiger partial charge in [0, 0.05) is 33.8 Å². The fourth-order valence-electron chi connectivity index (χ4n) is 2.66. The van der Waals surface area contributed by atoms with E-state index in [-0.39, 0.29) is 27.1 Å². The monoisotopic (exact) mass is 372 g/mol. The molecule has 0 bridgehead atoms. The van der Waals surface area contributed by atoms with E-state index >= 15 is 0 Å². The van der Waals surface area contributed by atoms with Crippen molar-refractivity contribution in [2.24, 2.45) is 0 Å². The van der Waals surface area contributed by atoms with Gasteiger partial charge in [-0.3, -0.25) is 9.35 Å². The molecular weight excluding hydrogens is 356 g/mol. The van der Waals surface area contributed by atoms with Gasteiger partial charge in [0.1, 0.15) is 10.6 Å². The molecule has 3 aromatic rings. The summed E-state index contributed by atoms with van der Waals surface area (Å²) in [4.78, 5) is 12.0. The molecular formula is C18H16N2O5S. The third-order valence-electron chi connectivity index (χ3n) is 4.00. The van der Waals surface area contributed by atoms with Crippen LogP contribution in [0.4, 0.5) is 11.4 Å². The maximum atomic E-state index is 12.4. The molecule has 0 heterocycles. The fourth-order valence-corrected chi connectivity index (χ4v) is 3.35. The molecule has 134 valence electrons. The lowest BCUT2D eigenvalue weighted by Crippen LogP contribution is -2.12. The molecule has 8 heteroatoms. The topological polar surface area (TPSA) is 130 Å². The highest BCUT2D eigenvalue weighted by Crippen LogP contribution is 2.33. The zero-order valence-electron chi connectivity index (χ0n) is 13.7. The summed E-state index contributed by atoms with van der Waals surface area (Å²) < 4.78 is 32.5. The summed E-state index contributed by atoms with van der Waals surface area (Å²) in [5.74, 6) is -0.673. The first-order valence-electron chi connectivity index (χ1n) is 7.57. The average molecular weight is 372 g/mol. The Morgan fingerprint density at radius 2 is 1.81 bits per heavy atom. The third-order valence-corrected chi connectivity index (χ3v) is 4.91. The molecule has 26 heavy (non-hydrogen) atoms. The smallest absolute Gasteiger partial charge is 0.295 e. The van der Waals surface area contributed by atoms with E-state index in [0.717, 1.165) is 5.56 Å². The zero-order valence-corrected chi connectivity index (χ0v) is 14.5. The number of fused-ring (bicyclic) bond motifs is 1. The Hall–Kier alpha value is -3.10. The number of benzene rings is 3. The minimum Gasteiger partial charge on any atom is -0.507 e. The van der Waals surface area contributed by atoms with Crippen molar-refractivity contribution < 1.29 is 22.9 Å². The second-order valence-electron chi connectivity index (χ2n) is 5.85. The molecule has 0 aliphatic rings. The first-order chi connectivity index (χ1) is 12.2. The number of aromatic hydroxyl groups is 1. The van der Waals surface area contributed by atoms with E-state index in [4.69, 9.17) is 5.73 Å². The Morgan fingerprint density at radius 1 is 1.08 bits per heavy atom. The van der Waals surface area contributed by atoms with Crippen molar-refractivity contribution in [3.63, 3.8) is 0 Å². The van der Waals surface area contributed by atoms with Crippen LogP contribution in [0, 0.1) is 6.92 Å². The van der Waals surface area contributed by atoms with Crippen molar-refractivity contribution in [2.75, 3.05) is 11.1 Å². The number of carbonyl (C=O) groups is 1. The number of phenolic OH excluding ortho intramolecular Hbond substituents is 1. The highest BCUT2D eigenvalue weighted by molar-refractivity contribution is 7.86. The third kappa shape index (κ3) is 3.32. The molecule has 0 aliphatic heterocycles. The number of rotatable bonds is 3. The normalized spacial score (nSPS) is 11.5. The van der Waals surface area contributed by atoms with Crippen molar-refractivity contribution in [1.82, 2.24) is 0 Å². The predicted molar refractivity (Wildman–Crippen MR) is 99.0 cm³/mol. The molecule has 0 radical (unpaired) electrons. The largest absolute Gasteiger partial charge is 0.507 e. The summed E-state index contributed by atoms with van der Waals surface area (Å²) in [6.07, 6.45) is 0. The number of aryl methyl sites for hydroxylation is 1. The molecule has 0 fully saturated rings. The van der Waals surface area contributed by atoms with Crippen LogP contribution in [0.2, 0.25) is 0 Å².